The van der Waals surface area contributed by atoms with E-state index in [0.717, 1.165) is 31.4 Å². The molecule has 17 heavy (non-hydrogen) atoms. The molecule has 2 unspecified atom stereocenters. The number of benzene rings is 1. The van der Waals surface area contributed by atoms with Gasteiger partial charge in [-0.15, -0.1) is 0 Å². The van der Waals surface area contributed by atoms with Crippen molar-refractivity contribution in [2.45, 2.75) is 44.2 Å². The summed E-state index contributed by atoms with van der Waals surface area (Å²) in [7, 11) is 0. The summed E-state index contributed by atoms with van der Waals surface area (Å²) in [5, 5.41) is 14.6. The summed E-state index contributed by atoms with van der Waals surface area (Å²) in [6, 6.07) is 5.49. The molecule has 2 N–H and O–H groups in total. The van der Waals surface area contributed by atoms with Crippen molar-refractivity contribution in [3.8, 4) is 0 Å². The van der Waals surface area contributed by atoms with Crippen LogP contribution in [-0.4, -0.2) is 17.3 Å². The maximum atomic E-state index is 10.0. The summed E-state index contributed by atoms with van der Waals surface area (Å²) >= 11 is 11.9. The number of rotatable bonds is 2. The van der Waals surface area contributed by atoms with Crippen molar-refractivity contribution < 1.29 is 5.11 Å². The van der Waals surface area contributed by atoms with Crippen LogP contribution in [0.4, 0.5) is 5.69 Å². The fourth-order valence-corrected chi connectivity index (χ4v) is 2.83. The summed E-state index contributed by atoms with van der Waals surface area (Å²) in [4.78, 5) is 0. The second-order valence-electron chi connectivity index (χ2n) is 4.61. The van der Waals surface area contributed by atoms with Crippen LogP contribution in [-0.2, 0) is 0 Å². The highest BCUT2D eigenvalue weighted by Crippen LogP contribution is 2.26. The molecule has 2 rings (SSSR count). The summed E-state index contributed by atoms with van der Waals surface area (Å²) in [6.07, 6.45) is 5.04. The average molecular weight is 274 g/mol. The number of aliphatic hydroxyl groups excluding tert-OH is 1. The number of nitrogens with one attached hydrogen (secondary N) is 1. The summed E-state index contributed by atoms with van der Waals surface area (Å²) in [5.74, 6) is 0. The van der Waals surface area contributed by atoms with E-state index < -0.39 is 0 Å². The maximum absolute atomic E-state index is 10.0. The van der Waals surface area contributed by atoms with E-state index in [0.29, 0.717) is 10.0 Å². The van der Waals surface area contributed by atoms with Crippen molar-refractivity contribution in [3.05, 3.63) is 28.2 Å². The third-order valence-electron chi connectivity index (χ3n) is 3.19. The molecule has 0 heterocycles. The van der Waals surface area contributed by atoms with E-state index in [1.165, 1.54) is 6.42 Å². The normalized spacial score (nSPS) is 25.4. The minimum Gasteiger partial charge on any atom is -0.391 e. The number of aliphatic hydroxyl groups is 1. The van der Waals surface area contributed by atoms with Crippen molar-refractivity contribution >= 4 is 28.9 Å². The van der Waals surface area contributed by atoms with Crippen molar-refractivity contribution in [3.63, 3.8) is 0 Å². The van der Waals surface area contributed by atoms with Crippen molar-refractivity contribution in [1.29, 1.82) is 0 Å². The first-order valence-corrected chi connectivity index (χ1v) is 6.81. The summed E-state index contributed by atoms with van der Waals surface area (Å²) < 4.78 is 0. The quantitative estimate of drug-likeness (QED) is 0.796. The standard InChI is InChI=1S/C13H17Cl2NO/c14-9-6-10(15)8-11(7-9)16-12-4-2-1-3-5-13(12)17/h6-8,12-13,16-17H,1-5H2. The van der Waals surface area contributed by atoms with Gasteiger partial charge in [-0.25, -0.2) is 0 Å². The van der Waals surface area contributed by atoms with Gasteiger partial charge in [-0.2, -0.15) is 0 Å². The van der Waals surface area contributed by atoms with E-state index in [9.17, 15) is 5.11 Å². The molecule has 1 aliphatic rings. The molecule has 0 aliphatic heterocycles. The van der Waals surface area contributed by atoms with Gasteiger partial charge in [-0.05, 0) is 31.0 Å². The lowest BCUT2D eigenvalue weighted by molar-refractivity contribution is 0.144. The zero-order chi connectivity index (χ0) is 12.3. The van der Waals surface area contributed by atoms with Gasteiger partial charge in [-0.3, -0.25) is 0 Å². The maximum Gasteiger partial charge on any atom is 0.0741 e. The first-order chi connectivity index (χ1) is 8.15. The van der Waals surface area contributed by atoms with Gasteiger partial charge in [0, 0.05) is 15.7 Å². The highest BCUT2D eigenvalue weighted by Gasteiger charge is 2.21. The molecule has 1 aliphatic carbocycles. The molecule has 1 aromatic carbocycles. The Bertz CT molecular complexity index is 363. The molecule has 94 valence electrons. The molecule has 2 atom stereocenters. The monoisotopic (exact) mass is 273 g/mol. The van der Waals surface area contributed by atoms with E-state index >= 15 is 0 Å². The molecule has 1 saturated carbocycles. The van der Waals surface area contributed by atoms with Gasteiger partial charge in [0.2, 0.25) is 0 Å². The minimum atomic E-state index is -0.282. The van der Waals surface area contributed by atoms with Crippen LogP contribution in [0.15, 0.2) is 18.2 Å². The lowest BCUT2D eigenvalue weighted by Crippen LogP contribution is -2.32. The average Bonchev–Trinajstić information content (AvgIpc) is 2.43. The van der Waals surface area contributed by atoms with Crippen LogP contribution < -0.4 is 5.32 Å². The minimum absolute atomic E-state index is 0.104. The molecule has 0 spiro atoms. The topological polar surface area (TPSA) is 32.3 Å². The van der Waals surface area contributed by atoms with Crippen LogP contribution in [0, 0.1) is 0 Å². The van der Waals surface area contributed by atoms with Crippen LogP contribution in [0.5, 0.6) is 0 Å². The van der Waals surface area contributed by atoms with Gasteiger partial charge in [0.1, 0.15) is 0 Å². The Morgan fingerprint density at radius 2 is 1.65 bits per heavy atom. The molecule has 4 heteroatoms. The Labute approximate surface area is 112 Å². The first kappa shape index (κ1) is 13.0. The Balaban J connectivity index is 2.07. The highest BCUT2D eigenvalue weighted by molar-refractivity contribution is 6.35. The molecule has 0 bridgehead atoms. The smallest absolute Gasteiger partial charge is 0.0741 e. The van der Waals surface area contributed by atoms with Gasteiger partial charge in [0.25, 0.3) is 0 Å². The second-order valence-corrected chi connectivity index (χ2v) is 5.49. The lowest BCUT2D eigenvalue weighted by atomic mass is 10.1. The van der Waals surface area contributed by atoms with Gasteiger partial charge in [-0.1, -0.05) is 42.5 Å². The zero-order valence-electron chi connectivity index (χ0n) is 9.63. The van der Waals surface area contributed by atoms with Crippen LogP contribution >= 0.6 is 23.2 Å². The van der Waals surface area contributed by atoms with E-state index in [-0.39, 0.29) is 12.1 Å². The second kappa shape index (κ2) is 5.94. The number of hydrogen-bond donors (Lipinski definition) is 2. The third-order valence-corrected chi connectivity index (χ3v) is 3.63. The van der Waals surface area contributed by atoms with Gasteiger partial charge in [0.15, 0.2) is 0 Å². The molecule has 0 radical (unpaired) electrons. The number of halogens is 2. The first-order valence-electron chi connectivity index (χ1n) is 6.06. The van der Waals surface area contributed by atoms with E-state index in [1.54, 1.807) is 6.07 Å². The molecular formula is C13H17Cl2NO. The van der Waals surface area contributed by atoms with Crippen LogP contribution in [0.2, 0.25) is 10.0 Å². The molecule has 1 fully saturated rings. The predicted molar refractivity (Wildman–Crippen MR) is 73.0 cm³/mol. The summed E-state index contributed by atoms with van der Waals surface area (Å²) in [6.45, 7) is 0. The predicted octanol–water partition coefficient (Wildman–Crippen LogP) is 4.10. The lowest BCUT2D eigenvalue weighted by Gasteiger charge is -2.23. The van der Waals surface area contributed by atoms with Crippen molar-refractivity contribution in [1.82, 2.24) is 0 Å². The molecule has 0 amide bonds. The molecular weight excluding hydrogens is 257 g/mol. The highest BCUT2D eigenvalue weighted by atomic mass is 35.5. The van der Waals surface area contributed by atoms with Crippen molar-refractivity contribution in [2.24, 2.45) is 0 Å². The van der Waals surface area contributed by atoms with Gasteiger partial charge < -0.3 is 10.4 Å². The largest absolute Gasteiger partial charge is 0.391 e. The van der Waals surface area contributed by atoms with Crippen LogP contribution in [0.1, 0.15) is 32.1 Å². The number of anilines is 1. The van der Waals surface area contributed by atoms with E-state index in [1.807, 2.05) is 12.1 Å². The molecule has 0 aromatic heterocycles. The van der Waals surface area contributed by atoms with Crippen molar-refractivity contribution in [2.75, 3.05) is 5.32 Å². The fraction of sp³-hybridized carbons (Fsp3) is 0.538. The number of hydrogen-bond acceptors (Lipinski definition) is 2. The molecule has 2 nitrogen and oxygen atoms in total. The molecule has 1 aromatic rings. The Hall–Kier alpha value is -0.440. The van der Waals surface area contributed by atoms with Crippen LogP contribution in [0.25, 0.3) is 0 Å². The zero-order valence-corrected chi connectivity index (χ0v) is 11.1. The van der Waals surface area contributed by atoms with E-state index in [2.05, 4.69) is 5.32 Å². The fourth-order valence-electron chi connectivity index (χ4n) is 2.31. The van der Waals surface area contributed by atoms with Gasteiger partial charge in [0.05, 0.1) is 12.1 Å². The summed E-state index contributed by atoms with van der Waals surface area (Å²) in [5.41, 5.74) is 0.883. The van der Waals surface area contributed by atoms with Crippen LogP contribution in [0.3, 0.4) is 0 Å². The van der Waals surface area contributed by atoms with E-state index in [4.69, 9.17) is 23.2 Å². The Kier molecular flexibility index (Phi) is 4.55. The molecule has 0 saturated heterocycles. The third kappa shape index (κ3) is 3.77. The Morgan fingerprint density at radius 3 is 2.35 bits per heavy atom. The van der Waals surface area contributed by atoms with Gasteiger partial charge >= 0.3 is 0 Å². The Morgan fingerprint density at radius 1 is 1.00 bits per heavy atom. The SMILES string of the molecule is OC1CCCCCC1Nc1cc(Cl)cc(Cl)c1.